The first kappa shape index (κ1) is 18.4. The van der Waals surface area contributed by atoms with Gasteiger partial charge in [0.05, 0.1) is 11.3 Å². The maximum Gasteiger partial charge on any atom is 0.307 e. The second-order valence-electron chi connectivity index (χ2n) is 5.92. The van der Waals surface area contributed by atoms with Gasteiger partial charge < -0.3 is 10.1 Å². The Bertz CT molecular complexity index is 726. The van der Waals surface area contributed by atoms with Crippen LogP contribution >= 0.6 is 0 Å². The van der Waals surface area contributed by atoms with E-state index in [-0.39, 0.29) is 36.4 Å². The number of amides is 1. The minimum absolute atomic E-state index is 0.0846. The Balaban J connectivity index is 1.75. The van der Waals surface area contributed by atoms with Crippen molar-refractivity contribution >= 4 is 21.9 Å². The monoisotopic (exact) mass is 354 g/mol. The van der Waals surface area contributed by atoms with Gasteiger partial charge in [0.25, 0.3) is 5.91 Å². The first-order chi connectivity index (χ1) is 11.3. The predicted octanol–water partition coefficient (Wildman–Crippen LogP) is 0.794. The third kappa shape index (κ3) is 5.61. The van der Waals surface area contributed by atoms with Crippen LogP contribution in [0.5, 0.6) is 0 Å². The van der Waals surface area contributed by atoms with Gasteiger partial charge in [-0.15, -0.1) is 0 Å². The molecule has 1 fully saturated rings. The van der Waals surface area contributed by atoms with Crippen LogP contribution in [-0.2, 0) is 24.3 Å². The van der Waals surface area contributed by atoms with Crippen molar-refractivity contribution in [1.29, 1.82) is 0 Å². The molecule has 0 aliphatic heterocycles. The smallest absolute Gasteiger partial charge is 0.307 e. The third-order valence-electron chi connectivity index (χ3n) is 3.55. The maximum absolute atomic E-state index is 12.2. The number of carbonyl (C=O) groups is 2. The molecule has 2 N–H and O–H groups in total. The average molecular weight is 354 g/mol. The molecule has 24 heavy (non-hydrogen) atoms. The number of carbonyl (C=O) groups excluding carboxylic acids is 2. The number of esters is 1. The summed E-state index contributed by atoms with van der Waals surface area (Å²) >= 11 is 0. The Kier molecular flexibility index (Phi) is 5.95. The van der Waals surface area contributed by atoms with Crippen molar-refractivity contribution in [3.63, 3.8) is 0 Å². The standard InChI is InChI=1S/C16H22N2O5S/c1-11-3-6-14(12(2)9-11)24(21,22)17-8-7-16(20)23-10-15(19)18-13-4-5-13/h3,6,9,13,17H,4-5,7-8,10H2,1-2H3,(H,18,19). The zero-order valence-electron chi connectivity index (χ0n) is 13.8. The molecule has 1 aromatic rings. The molecule has 1 amide bonds. The number of ether oxygens (including phenoxy) is 1. The average Bonchev–Trinajstić information content (AvgIpc) is 3.28. The SMILES string of the molecule is Cc1ccc(S(=O)(=O)NCCC(=O)OCC(=O)NC2CC2)c(C)c1. The minimum Gasteiger partial charge on any atom is -0.456 e. The van der Waals surface area contributed by atoms with E-state index in [9.17, 15) is 18.0 Å². The second kappa shape index (κ2) is 7.76. The van der Waals surface area contributed by atoms with E-state index in [2.05, 4.69) is 10.0 Å². The number of sulfonamides is 1. The van der Waals surface area contributed by atoms with Crippen LogP contribution in [0.1, 0.15) is 30.4 Å². The fourth-order valence-electron chi connectivity index (χ4n) is 2.18. The molecule has 0 atom stereocenters. The van der Waals surface area contributed by atoms with Gasteiger partial charge in [-0.3, -0.25) is 9.59 Å². The van der Waals surface area contributed by atoms with Crippen molar-refractivity contribution in [2.75, 3.05) is 13.2 Å². The van der Waals surface area contributed by atoms with Gasteiger partial charge in [0.2, 0.25) is 10.0 Å². The summed E-state index contributed by atoms with van der Waals surface area (Å²) in [7, 11) is -3.68. The zero-order chi connectivity index (χ0) is 17.7. The van der Waals surface area contributed by atoms with Gasteiger partial charge in [-0.05, 0) is 38.3 Å². The molecule has 1 saturated carbocycles. The highest BCUT2D eigenvalue weighted by molar-refractivity contribution is 7.89. The lowest BCUT2D eigenvalue weighted by Gasteiger charge is -2.10. The fraction of sp³-hybridized carbons (Fsp3) is 0.500. The number of rotatable bonds is 8. The zero-order valence-corrected chi connectivity index (χ0v) is 14.6. The second-order valence-corrected chi connectivity index (χ2v) is 7.65. The number of hydrogen-bond acceptors (Lipinski definition) is 5. The fourth-order valence-corrected chi connectivity index (χ4v) is 3.44. The summed E-state index contributed by atoms with van der Waals surface area (Å²) in [6.45, 7) is 3.18. The van der Waals surface area contributed by atoms with Crippen molar-refractivity contribution in [1.82, 2.24) is 10.0 Å². The molecule has 0 spiro atoms. The van der Waals surface area contributed by atoms with Crippen molar-refractivity contribution in [3.8, 4) is 0 Å². The van der Waals surface area contributed by atoms with E-state index in [4.69, 9.17) is 4.74 Å². The largest absolute Gasteiger partial charge is 0.456 e. The molecule has 7 nitrogen and oxygen atoms in total. The normalized spacial score (nSPS) is 14.2. The van der Waals surface area contributed by atoms with Crippen molar-refractivity contribution < 1.29 is 22.7 Å². The summed E-state index contributed by atoms with van der Waals surface area (Å²) in [6, 6.07) is 5.24. The van der Waals surface area contributed by atoms with E-state index >= 15 is 0 Å². The molecular formula is C16H22N2O5S. The van der Waals surface area contributed by atoms with Crippen LogP contribution in [0.25, 0.3) is 0 Å². The van der Waals surface area contributed by atoms with Crippen LogP contribution in [0, 0.1) is 13.8 Å². The van der Waals surface area contributed by atoms with Crippen LogP contribution in [0.4, 0.5) is 0 Å². The Hall–Kier alpha value is -1.93. The number of benzene rings is 1. The van der Waals surface area contributed by atoms with Crippen molar-refractivity contribution in [2.45, 2.75) is 44.0 Å². The highest BCUT2D eigenvalue weighted by Gasteiger charge is 2.23. The lowest BCUT2D eigenvalue weighted by Crippen LogP contribution is -2.31. The Morgan fingerprint density at radius 1 is 1.25 bits per heavy atom. The van der Waals surface area contributed by atoms with Crippen LogP contribution in [-0.4, -0.2) is 39.5 Å². The molecule has 0 heterocycles. The molecule has 1 aliphatic rings. The molecule has 0 radical (unpaired) electrons. The molecule has 0 saturated heterocycles. The number of hydrogen-bond donors (Lipinski definition) is 2. The Morgan fingerprint density at radius 3 is 2.58 bits per heavy atom. The topological polar surface area (TPSA) is 102 Å². The third-order valence-corrected chi connectivity index (χ3v) is 5.17. The van der Waals surface area contributed by atoms with Gasteiger partial charge in [-0.2, -0.15) is 0 Å². The summed E-state index contributed by atoms with van der Waals surface area (Å²) in [6.07, 6.45) is 1.78. The van der Waals surface area contributed by atoms with E-state index in [1.165, 1.54) is 6.07 Å². The number of aryl methyl sites for hydroxylation is 2. The van der Waals surface area contributed by atoms with Crippen LogP contribution in [0.15, 0.2) is 23.1 Å². The number of nitrogens with one attached hydrogen (secondary N) is 2. The van der Waals surface area contributed by atoms with Crippen LogP contribution in [0.2, 0.25) is 0 Å². The summed E-state index contributed by atoms with van der Waals surface area (Å²) in [5.74, 6) is -0.953. The van der Waals surface area contributed by atoms with E-state index < -0.39 is 16.0 Å². The molecular weight excluding hydrogens is 332 g/mol. The quantitative estimate of drug-likeness (QED) is 0.672. The van der Waals surface area contributed by atoms with Crippen LogP contribution < -0.4 is 10.0 Å². The molecule has 8 heteroatoms. The van der Waals surface area contributed by atoms with Gasteiger partial charge in [0.15, 0.2) is 6.61 Å². The van der Waals surface area contributed by atoms with Gasteiger partial charge in [0, 0.05) is 12.6 Å². The van der Waals surface area contributed by atoms with Gasteiger partial charge in [0.1, 0.15) is 0 Å². The molecule has 1 aromatic carbocycles. The lowest BCUT2D eigenvalue weighted by atomic mass is 10.2. The van der Waals surface area contributed by atoms with E-state index in [1.54, 1.807) is 19.1 Å². The Labute approximate surface area is 141 Å². The molecule has 132 valence electrons. The highest BCUT2D eigenvalue weighted by atomic mass is 32.2. The van der Waals surface area contributed by atoms with E-state index in [1.807, 2.05) is 6.92 Å². The molecule has 0 unspecified atom stereocenters. The van der Waals surface area contributed by atoms with E-state index in [0.29, 0.717) is 5.56 Å². The van der Waals surface area contributed by atoms with Gasteiger partial charge >= 0.3 is 5.97 Å². The lowest BCUT2D eigenvalue weighted by molar-refractivity contribution is -0.148. The minimum atomic E-state index is -3.68. The predicted molar refractivity (Wildman–Crippen MR) is 87.8 cm³/mol. The van der Waals surface area contributed by atoms with Crippen LogP contribution in [0.3, 0.4) is 0 Å². The first-order valence-electron chi connectivity index (χ1n) is 7.80. The molecule has 2 rings (SSSR count). The molecule has 1 aliphatic carbocycles. The summed E-state index contributed by atoms with van der Waals surface area (Å²) in [5.41, 5.74) is 1.61. The summed E-state index contributed by atoms with van der Waals surface area (Å²) < 4.78 is 31.6. The summed E-state index contributed by atoms with van der Waals surface area (Å²) in [5, 5.41) is 2.69. The van der Waals surface area contributed by atoms with E-state index in [0.717, 1.165) is 18.4 Å². The molecule has 0 bridgehead atoms. The van der Waals surface area contributed by atoms with Crippen molar-refractivity contribution in [3.05, 3.63) is 29.3 Å². The van der Waals surface area contributed by atoms with Gasteiger partial charge in [-0.1, -0.05) is 17.7 Å². The highest BCUT2D eigenvalue weighted by Crippen LogP contribution is 2.18. The molecule has 0 aromatic heterocycles. The van der Waals surface area contributed by atoms with Crippen molar-refractivity contribution in [2.24, 2.45) is 0 Å². The Morgan fingerprint density at radius 2 is 1.96 bits per heavy atom. The summed E-state index contributed by atoms with van der Waals surface area (Å²) in [4.78, 5) is 23.1. The first-order valence-corrected chi connectivity index (χ1v) is 9.28. The maximum atomic E-state index is 12.2. The van der Waals surface area contributed by atoms with Gasteiger partial charge in [-0.25, -0.2) is 13.1 Å².